The first-order valence-corrected chi connectivity index (χ1v) is 5.13. The molecule has 5 heteroatoms. The second kappa shape index (κ2) is 3.90. The highest BCUT2D eigenvalue weighted by molar-refractivity contribution is 5.54. The van der Waals surface area contributed by atoms with Crippen molar-refractivity contribution in [1.29, 1.82) is 0 Å². The van der Waals surface area contributed by atoms with Crippen LogP contribution < -0.4 is 10.6 Å². The molecule has 3 nitrogen and oxygen atoms in total. The molecule has 1 fully saturated rings. The maximum absolute atomic E-state index is 13.2. The van der Waals surface area contributed by atoms with E-state index in [2.05, 4.69) is 0 Å². The summed E-state index contributed by atoms with van der Waals surface area (Å²) in [5.74, 6) is -2.73. The highest BCUT2D eigenvalue weighted by atomic mass is 19.3. The van der Waals surface area contributed by atoms with Crippen molar-refractivity contribution in [3.63, 3.8) is 0 Å². The van der Waals surface area contributed by atoms with E-state index < -0.39 is 12.0 Å². The Bertz CT molecular complexity index is 367. The third kappa shape index (κ3) is 2.09. The van der Waals surface area contributed by atoms with Crippen LogP contribution in [0.1, 0.15) is 6.42 Å². The Morgan fingerprint density at radius 2 is 2.00 bits per heavy atom. The molecule has 1 atom stereocenters. The van der Waals surface area contributed by atoms with Crippen LogP contribution in [-0.2, 0) is 0 Å². The lowest BCUT2D eigenvalue weighted by Crippen LogP contribution is -2.32. The molecule has 88 valence electrons. The molecule has 1 saturated heterocycles. The Balaban J connectivity index is 2.23. The van der Waals surface area contributed by atoms with Crippen LogP contribution in [0.25, 0.3) is 0 Å². The highest BCUT2D eigenvalue weighted by Gasteiger charge is 2.44. The normalized spacial score (nSPS) is 23.7. The SMILES string of the molecule is Nc1ccc(N2CC(F)(F)CC2CO)cc1. The van der Waals surface area contributed by atoms with Gasteiger partial charge in [-0.2, -0.15) is 0 Å². The fourth-order valence-electron chi connectivity index (χ4n) is 2.03. The monoisotopic (exact) mass is 228 g/mol. The first-order valence-electron chi connectivity index (χ1n) is 5.13. The van der Waals surface area contributed by atoms with Crippen LogP contribution in [0.15, 0.2) is 24.3 Å². The lowest BCUT2D eigenvalue weighted by atomic mass is 10.2. The quantitative estimate of drug-likeness (QED) is 0.754. The molecule has 16 heavy (non-hydrogen) atoms. The minimum absolute atomic E-state index is 0.264. The van der Waals surface area contributed by atoms with Gasteiger partial charge in [-0.25, -0.2) is 8.78 Å². The second-order valence-electron chi connectivity index (χ2n) is 4.12. The van der Waals surface area contributed by atoms with Gasteiger partial charge in [-0.3, -0.25) is 0 Å². The van der Waals surface area contributed by atoms with Crippen molar-refractivity contribution >= 4 is 11.4 Å². The van der Waals surface area contributed by atoms with Gasteiger partial charge in [0.25, 0.3) is 5.92 Å². The molecular weight excluding hydrogens is 214 g/mol. The molecular formula is C11H14F2N2O. The standard InChI is InChI=1S/C11H14F2N2O/c12-11(13)5-10(6-16)15(7-11)9-3-1-8(14)2-4-9/h1-4,10,16H,5-7,14H2. The molecule has 1 heterocycles. The van der Waals surface area contributed by atoms with Gasteiger partial charge in [0.1, 0.15) is 0 Å². The van der Waals surface area contributed by atoms with Gasteiger partial charge in [-0.1, -0.05) is 0 Å². The molecule has 0 amide bonds. The van der Waals surface area contributed by atoms with E-state index >= 15 is 0 Å². The van der Waals surface area contributed by atoms with Crippen molar-refractivity contribution in [3.05, 3.63) is 24.3 Å². The van der Waals surface area contributed by atoms with E-state index in [0.29, 0.717) is 11.4 Å². The lowest BCUT2D eigenvalue weighted by Gasteiger charge is -2.24. The van der Waals surface area contributed by atoms with Gasteiger partial charge < -0.3 is 15.7 Å². The van der Waals surface area contributed by atoms with Gasteiger partial charge in [0.05, 0.1) is 19.2 Å². The molecule has 1 aromatic rings. The van der Waals surface area contributed by atoms with Crippen LogP contribution in [0.5, 0.6) is 0 Å². The molecule has 1 unspecified atom stereocenters. The van der Waals surface area contributed by atoms with Crippen LogP contribution in [0.4, 0.5) is 20.2 Å². The number of aliphatic hydroxyl groups excluding tert-OH is 1. The molecule has 0 bridgehead atoms. The number of nitrogens with zero attached hydrogens (tertiary/aromatic N) is 1. The summed E-state index contributed by atoms with van der Waals surface area (Å²) in [4.78, 5) is 1.53. The maximum atomic E-state index is 13.2. The fourth-order valence-corrected chi connectivity index (χ4v) is 2.03. The van der Waals surface area contributed by atoms with E-state index in [4.69, 9.17) is 10.8 Å². The molecule has 1 aliphatic heterocycles. The molecule has 0 saturated carbocycles. The molecule has 0 aromatic heterocycles. The Labute approximate surface area is 92.5 Å². The number of halogens is 2. The zero-order chi connectivity index (χ0) is 11.8. The summed E-state index contributed by atoms with van der Waals surface area (Å²) in [5, 5.41) is 9.08. The van der Waals surface area contributed by atoms with Crippen molar-refractivity contribution in [3.8, 4) is 0 Å². The average molecular weight is 228 g/mol. The summed E-state index contributed by atoms with van der Waals surface area (Å²) in [7, 11) is 0. The van der Waals surface area contributed by atoms with E-state index in [-0.39, 0.29) is 19.6 Å². The van der Waals surface area contributed by atoms with Crippen LogP contribution in [0.2, 0.25) is 0 Å². The molecule has 2 rings (SSSR count). The second-order valence-corrected chi connectivity index (χ2v) is 4.12. The third-order valence-electron chi connectivity index (χ3n) is 2.81. The van der Waals surface area contributed by atoms with Gasteiger partial charge in [0, 0.05) is 17.8 Å². The van der Waals surface area contributed by atoms with Gasteiger partial charge in [0.2, 0.25) is 0 Å². The summed E-state index contributed by atoms with van der Waals surface area (Å²) in [6, 6.07) is 6.21. The highest BCUT2D eigenvalue weighted by Crippen LogP contribution is 2.35. The Hall–Kier alpha value is -1.36. The van der Waals surface area contributed by atoms with Gasteiger partial charge in [0.15, 0.2) is 0 Å². The lowest BCUT2D eigenvalue weighted by molar-refractivity contribution is 0.0201. The maximum Gasteiger partial charge on any atom is 0.267 e. The number of rotatable bonds is 2. The van der Waals surface area contributed by atoms with E-state index in [1.807, 2.05) is 0 Å². The first kappa shape index (κ1) is 11.1. The number of hydrogen-bond donors (Lipinski definition) is 2. The summed E-state index contributed by atoms with van der Waals surface area (Å²) >= 11 is 0. The number of hydrogen-bond acceptors (Lipinski definition) is 3. The molecule has 1 aliphatic rings. The van der Waals surface area contributed by atoms with Gasteiger partial charge in [-0.15, -0.1) is 0 Å². The molecule has 0 spiro atoms. The van der Waals surface area contributed by atoms with E-state index in [1.165, 1.54) is 4.90 Å². The number of aliphatic hydroxyl groups is 1. The van der Waals surface area contributed by atoms with Crippen LogP contribution >= 0.6 is 0 Å². The summed E-state index contributed by atoms with van der Waals surface area (Å²) in [5.41, 5.74) is 6.79. The molecule has 0 radical (unpaired) electrons. The summed E-state index contributed by atoms with van der Waals surface area (Å²) < 4.78 is 26.4. The minimum atomic E-state index is -2.73. The zero-order valence-electron chi connectivity index (χ0n) is 8.74. The Morgan fingerprint density at radius 1 is 1.38 bits per heavy atom. The summed E-state index contributed by atoms with van der Waals surface area (Å²) in [6.45, 7) is -0.609. The minimum Gasteiger partial charge on any atom is -0.399 e. The number of alkyl halides is 2. The Morgan fingerprint density at radius 3 is 2.56 bits per heavy atom. The largest absolute Gasteiger partial charge is 0.399 e. The van der Waals surface area contributed by atoms with Gasteiger partial charge >= 0.3 is 0 Å². The van der Waals surface area contributed by atoms with E-state index in [1.54, 1.807) is 24.3 Å². The number of nitrogens with two attached hydrogens (primary N) is 1. The van der Waals surface area contributed by atoms with Crippen molar-refractivity contribution in [2.24, 2.45) is 0 Å². The topological polar surface area (TPSA) is 49.5 Å². The van der Waals surface area contributed by atoms with Crippen molar-refractivity contribution in [2.45, 2.75) is 18.4 Å². The van der Waals surface area contributed by atoms with E-state index in [0.717, 1.165) is 0 Å². The number of benzene rings is 1. The number of nitrogen functional groups attached to an aromatic ring is 1. The van der Waals surface area contributed by atoms with Crippen LogP contribution in [-0.4, -0.2) is 30.2 Å². The first-order chi connectivity index (χ1) is 7.52. The predicted molar refractivity (Wildman–Crippen MR) is 58.6 cm³/mol. The van der Waals surface area contributed by atoms with Crippen molar-refractivity contribution < 1.29 is 13.9 Å². The molecule has 0 aliphatic carbocycles. The fraction of sp³-hybridized carbons (Fsp3) is 0.455. The van der Waals surface area contributed by atoms with E-state index in [9.17, 15) is 8.78 Å². The smallest absolute Gasteiger partial charge is 0.267 e. The third-order valence-corrected chi connectivity index (χ3v) is 2.81. The molecule has 1 aromatic carbocycles. The number of anilines is 2. The van der Waals surface area contributed by atoms with Crippen LogP contribution in [0.3, 0.4) is 0 Å². The zero-order valence-corrected chi connectivity index (χ0v) is 8.74. The average Bonchev–Trinajstić information content (AvgIpc) is 2.55. The molecule has 3 N–H and O–H groups in total. The summed E-state index contributed by atoms with van der Waals surface area (Å²) in [6.07, 6.45) is -0.298. The van der Waals surface area contributed by atoms with Crippen molar-refractivity contribution in [2.75, 3.05) is 23.8 Å². The predicted octanol–water partition coefficient (Wildman–Crippen LogP) is 1.48. The van der Waals surface area contributed by atoms with Gasteiger partial charge in [-0.05, 0) is 24.3 Å². The Kier molecular flexibility index (Phi) is 2.71. The van der Waals surface area contributed by atoms with Crippen molar-refractivity contribution in [1.82, 2.24) is 0 Å². The van der Waals surface area contributed by atoms with Crippen LogP contribution in [0, 0.1) is 0 Å².